The van der Waals surface area contributed by atoms with E-state index in [2.05, 4.69) is 33.0 Å². The average Bonchev–Trinajstić information content (AvgIpc) is 3.20. The molecule has 1 amide bonds. The van der Waals surface area contributed by atoms with Gasteiger partial charge in [0.2, 0.25) is 5.91 Å². The Balaban J connectivity index is 1.22. The summed E-state index contributed by atoms with van der Waals surface area (Å²) in [6.07, 6.45) is 3.26. The number of carbonyl (C=O) groups is 1. The number of halogens is 2. The first kappa shape index (κ1) is 25.5. The molecule has 6 heteroatoms. The van der Waals surface area contributed by atoms with Crippen molar-refractivity contribution < 1.29 is 9.90 Å². The van der Waals surface area contributed by atoms with Crippen molar-refractivity contribution in [3.63, 3.8) is 0 Å². The first-order valence-electron chi connectivity index (χ1n) is 12.7. The maximum atomic E-state index is 13.4. The number of rotatable bonds is 7. The fourth-order valence-corrected chi connectivity index (χ4v) is 6.21. The second-order valence-corrected chi connectivity index (χ2v) is 11.6. The molecule has 36 heavy (non-hydrogen) atoms. The van der Waals surface area contributed by atoms with Gasteiger partial charge in [-0.05, 0) is 79.7 Å². The van der Waals surface area contributed by atoms with E-state index >= 15 is 0 Å². The van der Waals surface area contributed by atoms with Crippen molar-refractivity contribution in [2.45, 2.75) is 37.8 Å². The van der Waals surface area contributed by atoms with Gasteiger partial charge in [0.05, 0.1) is 5.41 Å². The number of benzene rings is 3. The van der Waals surface area contributed by atoms with Crippen LogP contribution in [0.15, 0.2) is 83.3 Å². The second-order valence-electron chi connectivity index (χ2n) is 10.2. The summed E-state index contributed by atoms with van der Waals surface area (Å²) in [4.78, 5) is 17.9. The molecule has 4 nitrogen and oxygen atoms in total. The van der Waals surface area contributed by atoms with Gasteiger partial charge in [-0.3, -0.25) is 4.79 Å². The normalized spacial score (nSPS) is 19.5. The molecule has 2 saturated heterocycles. The van der Waals surface area contributed by atoms with Crippen LogP contribution in [-0.4, -0.2) is 47.0 Å². The molecule has 1 atom stereocenters. The molecule has 3 aromatic carbocycles. The highest BCUT2D eigenvalue weighted by atomic mass is 79.9. The number of amides is 1. The molecule has 0 aliphatic carbocycles. The van der Waals surface area contributed by atoms with E-state index in [0.29, 0.717) is 23.9 Å². The summed E-state index contributed by atoms with van der Waals surface area (Å²) in [5, 5.41) is 12.5. The van der Waals surface area contributed by atoms with Gasteiger partial charge in [-0.25, -0.2) is 0 Å². The highest BCUT2D eigenvalue weighted by Crippen LogP contribution is 2.42. The standard InChI is InChI=1S/C30H32BrClN2O2/c31-26-11-9-23(10-12-26)22-34-20-15-29(28(34)35)13-17-33(18-14-29)19-16-30(36,24-5-2-1-3-6-24)25-7-4-8-27(32)21-25/h1-12,21,36H,13-20,22H2. The molecule has 1 N–H and O–H groups in total. The smallest absolute Gasteiger partial charge is 0.229 e. The van der Waals surface area contributed by atoms with Gasteiger partial charge in [0.25, 0.3) is 0 Å². The maximum Gasteiger partial charge on any atom is 0.229 e. The summed E-state index contributed by atoms with van der Waals surface area (Å²) in [5.41, 5.74) is 1.50. The molecule has 0 aromatic heterocycles. The van der Waals surface area contributed by atoms with Crippen molar-refractivity contribution in [2.75, 3.05) is 26.2 Å². The van der Waals surface area contributed by atoms with Crippen molar-refractivity contribution in [3.8, 4) is 0 Å². The van der Waals surface area contributed by atoms with E-state index in [4.69, 9.17) is 11.6 Å². The molecule has 0 saturated carbocycles. The average molecular weight is 568 g/mol. The van der Waals surface area contributed by atoms with Crippen LogP contribution in [0.25, 0.3) is 0 Å². The van der Waals surface area contributed by atoms with Crippen LogP contribution in [-0.2, 0) is 16.9 Å². The van der Waals surface area contributed by atoms with E-state index in [1.807, 2.05) is 71.6 Å². The predicted octanol–water partition coefficient (Wildman–Crippen LogP) is 6.24. The Morgan fingerprint density at radius 3 is 2.25 bits per heavy atom. The molecule has 5 rings (SSSR count). The molecule has 1 unspecified atom stereocenters. The van der Waals surface area contributed by atoms with E-state index in [9.17, 15) is 9.90 Å². The first-order chi connectivity index (χ1) is 17.4. The largest absolute Gasteiger partial charge is 0.380 e. The summed E-state index contributed by atoms with van der Waals surface area (Å²) in [6.45, 7) is 4.01. The number of hydrogen-bond acceptors (Lipinski definition) is 3. The molecule has 3 aromatic rings. The Labute approximate surface area is 227 Å². The lowest BCUT2D eigenvalue weighted by molar-refractivity contribution is -0.139. The van der Waals surface area contributed by atoms with Gasteiger partial charge in [-0.1, -0.05) is 82.1 Å². The molecule has 0 bridgehead atoms. The van der Waals surface area contributed by atoms with Gasteiger partial charge in [0, 0.05) is 29.1 Å². The van der Waals surface area contributed by atoms with Crippen LogP contribution in [0.2, 0.25) is 5.02 Å². The van der Waals surface area contributed by atoms with Gasteiger partial charge in [0.1, 0.15) is 5.60 Å². The third-order valence-electron chi connectivity index (χ3n) is 8.04. The van der Waals surface area contributed by atoms with E-state index in [1.54, 1.807) is 0 Å². The van der Waals surface area contributed by atoms with Crippen LogP contribution < -0.4 is 0 Å². The number of likely N-dealkylation sites (tertiary alicyclic amines) is 2. The maximum absolute atomic E-state index is 13.4. The number of piperidine rings is 1. The second kappa shape index (κ2) is 10.7. The lowest BCUT2D eigenvalue weighted by Gasteiger charge is -2.39. The minimum atomic E-state index is -1.12. The highest BCUT2D eigenvalue weighted by Gasteiger charge is 2.48. The van der Waals surface area contributed by atoms with Crippen LogP contribution in [0.5, 0.6) is 0 Å². The molecule has 2 aliphatic heterocycles. The van der Waals surface area contributed by atoms with E-state index in [1.165, 1.54) is 5.56 Å². The highest BCUT2D eigenvalue weighted by molar-refractivity contribution is 9.10. The minimum absolute atomic E-state index is 0.228. The molecule has 188 valence electrons. The summed E-state index contributed by atoms with van der Waals surface area (Å²) in [5.74, 6) is 0.310. The van der Waals surface area contributed by atoms with E-state index in [-0.39, 0.29) is 5.41 Å². The third kappa shape index (κ3) is 5.26. The Bertz CT molecular complexity index is 1200. The molecule has 0 radical (unpaired) electrons. The SMILES string of the molecule is O=C1N(Cc2ccc(Br)cc2)CCC12CCN(CCC(O)(c1ccccc1)c1cccc(Cl)c1)CC2. The van der Waals surface area contributed by atoms with E-state index < -0.39 is 5.60 Å². The van der Waals surface area contributed by atoms with Crippen molar-refractivity contribution in [3.05, 3.63) is 105 Å². The predicted molar refractivity (Wildman–Crippen MR) is 148 cm³/mol. The van der Waals surface area contributed by atoms with Crippen LogP contribution in [0.1, 0.15) is 42.4 Å². The molecule has 2 heterocycles. The zero-order chi connectivity index (χ0) is 25.2. The van der Waals surface area contributed by atoms with Crippen LogP contribution >= 0.6 is 27.5 Å². The lowest BCUT2D eigenvalue weighted by Crippen LogP contribution is -2.45. The molecule has 1 spiro atoms. The van der Waals surface area contributed by atoms with Gasteiger partial charge in [0.15, 0.2) is 0 Å². The summed E-state index contributed by atoms with van der Waals surface area (Å²) in [6, 6.07) is 25.6. The summed E-state index contributed by atoms with van der Waals surface area (Å²) in [7, 11) is 0. The van der Waals surface area contributed by atoms with Gasteiger partial charge in [-0.15, -0.1) is 0 Å². The Morgan fingerprint density at radius 2 is 1.56 bits per heavy atom. The quantitative estimate of drug-likeness (QED) is 0.367. The third-order valence-corrected chi connectivity index (χ3v) is 8.81. The van der Waals surface area contributed by atoms with Gasteiger partial charge in [-0.2, -0.15) is 0 Å². The van der Waals surface area contributed by atoms with Crippen molar-refractivity contribution in [2.24, 2.45) is 5.41 Å². The Hall–Kier alpha value is -2.18. The summed E-state index contributed by atoms with van der Waals surface area (Å²) < 4.78 is 1.05. The number of aliphatic hydroxyl groups is 1. The minimum Gasteiger partial charge on any atom is -0.380 e. The van der Waals surface area contributed by atoms with Gasteiger partial charge < -0.3 is 14.9 Å². The fourth-order valence-electron chi connectivity index (χ4n) is 5.76. The molecular weight excluding hydrogens is 536 g/mol. The van der Waals surface area contributed by atoms with Crippen LogP contribution in [0, 0.1) is 5.41 Å². The topological polar surface area (TPSA) is 43.8 Å². The lowest BCUT2D eigenvalue weighted by atomic mass is 9.76. The van der Waals surface area contributed by atoms with Crippen molar-refractivity contribution >= 4 is 33.4 Å². The zero-order valence-electron chi connectivity index (χ0n) is 20.4. The monoisotopic (exact) mass is 566 g/mol. The Kier molecular flexibility index (Phi) is 7.55. The van der Waals surface area contributed by atoms with Crippen molar-refractivity contribution in [1.29, 1.82) is 0 Å². The van der Waals surface area contributed by atoms with Crippen molar-refractivity contribution in [1.82, 2.24) is 9.80 Å². The zero-order valence-corrected chi connectivity index (χ0v) is 22.7. The number of hydrogen-bond donors (Lipinski definition) is 1. The number of nitrogens with zero attached hydrogens (tertiary/aromatic N) is 2. The molecule has 2 fully saturated rings. The first-order valence-corrected chi connectivity index (χ1v) is 13.9. The summed E-state index contributed by atoms with van der Waals surface area (Å²) >= 11 is 9.76. The van der Waals surface area contributed by atoms with Crippen LogP contribution in [0.3, 0.4) is 0 Å². The van der Waals surface area contributed by atoms with Gasteiger partial charge >= 0.3 is 0 Å². The fraction of sp³-hybridized carbons (Fsp3) is 0.367. The Morgan fingerprint density at radius 1 is 0.889 bits per heavy atom. The van der Waals surface area contributed by atoms with Crippen LogP contribution in [0.4, 0.5) is 0 Å². The molecule has 2 aliphatic rings. The number of carbonyl (C=O) groups excluding carboxylic acids is 1. The molecular formula is C30H32BrClN2O2. The van der Waals surface area contributed by atoms with E-state index in [0.717, 1.165) is 61.0 Å².